The van der Waals surface area contributed by atoms with Crippen LogP contribution in [0.5, 0.6) is 0 Å². The number of para-hydroxylation sites is 1. The number of hydrogen-bond acceptors (Lipinski definition) is 1. The molecule has 1 aromatic rings. The van der Waals surface area contributed by atoms with E-state index >= 15 is 0 Å². The van der Waals surface area contributed by atoms with Crippen LogP contribution in [0.3, 0.4) is 0 Å². The fraction of sp³-hybridized carbons (Fsp3) is 0.100. The summed E-state index contributed by atoms with van der Waals surface area (Å²) in [6.07, 6.45) is 1.61. The van der Waals surface area contributed by atoms with E-state index in [2.05, 4.69) is 17.2 Å². The summed E-state index contributed by atoms with van der Waals surface area (Å²) in [4.78, 5) is 11.0. The van der Waals surface area contributed by atoms with Crippen LogP contribution >= 0.6 is 0 Å². The lowest BCUT2D eigenvalue weighted by atomic mass is 10.3. The van der Waals surface area contributed by atoms with Crippen LogP contribution in [0.25, 0.3) is 0 Å². The molecule has 0 atom stereocenters. The van der Waals surface area contributed by atoms with Crippen molar-refractivity contribution in [3.8, 4) is 0 Å². The van der Waals surface area contributed by atoms with Crippen molar-refractivity contribution in [1.82, 2.24) is 10.6 Å². The monoisotopic (exact) mass is 175 g/mol. The Morgan fingerprint density at radius 1 is 1.46 bits per heavy atom. The minimum atomic E-state index is -0.342. The Kier molecular flexibility index (Phi) is 3.57. The first kappa shape index (κ1) is 9.32. The second kappa shape index (κ2) is 4.98. The van der Waals surface area contributed by atoms with Gasteiger partial charge in [-0.05, 0) is 12.1 Å². The molecule has 1 radical (unpaired) electrons. The highest BCUT2D eigenvalue weighted by Crippen LogP contribution is 2.04. The highest BCUT2D eigenvalue weighted by Gasteiger charge is 2.00. The summed E-state index contributed by atoms with van der Waals surface area (Å²) in [6.45, 7) is 3.92. The van der Waals surface area contributed by atoms with Gasteiger partial charge >= 0.3 is 6.03 Å². The first-order valence-corrected chi connectivity index (χ1v) is 3.98. The summed E-state index contributed by atoms with van der Waals surface area (Å²) >= 11 is 0. The Labute approximate surface area is 77.5 Å². The average Bonchev–Trinajstić information content (AvgIpc) is 2.16. The molecule has 13 heavy (non-hydrogen) atoms. The lowest BCUT2D eigenvalue weighted by Gasteiger charge is -2.01. The van der Waals surface area contributed by atoms with Gasteiger partial charge in [0.1, 0.15) is 0 Å². The molecule has 0 aliphatic carbocycles. The molecule has 0 bridgehead atoms. The molecule has 0 aliphatic heterocycles. The van der Waals surface area contributed by atoms with Gasteiger partial charge in [0.2, 0.25) is 0 Å². The molecule has 67 valence electrons. The van der Waals surface area contributed by atoms with E-state index in [1.54, 1.807) is 18.2 Å². The number of amides is 2. The third-order valence-electron chi connectivity index (χ3n) is 1.38. The van der Waals surface area contributed by atoms with Crippen LogP contribution in [-0.2, 0) is 0 Å². The topological polar surface area (TPSA) is 43.2 Å². The first-order valence-electron chi connectivity index (χ1n) is 3.98. The standard InChI is InChI=1S/C10H11N2O/c1-2-8-11-10(13)12-9-6-4-3-5-7-9/h2-7H,1,8H2,(H,11,13). The van der Waals surface area contributed by atoms with Gasteiger partial charge in [0, 0.05) is 6.54 Å². The molecule has 0 saturated carbocycles. The zero-order valence-electron chi connectivity index (χ0n) is 7.23. The van der Waals surface area contributed by atoms with Gasteiger partial charge in [-0.15, -0.1) is 6.58 Å². The zero-order chi connectivity index (χ0) is 9.52. The van der Waals surface area contributed by atoms with Gasteiger partial charge in [0.25, 0.3) is 0 Å². The Morgan fingerprint density at radius 2 is 2.15 bits per heavy atom. The smallest absolute Gasteiger partial charge is 0.333 e. The lowest BCUT2D eigenvalue weighted by Crippen LogP contribution is -2.27. The summed E-state index contributed by atoms with van der Waals surface area (Å²) < 4.78 is 0. The number of nitrogens with one attached hydrogen (secondary N) is 1. The Bertz CT molecular complexity index is 282. The van der Waals surface area contributed by atoms with Gasteiger partial charge in [-0.25, -0.2) is 4.79 Å². The van der Waals surface area contributed by atoms with E-state index in [9.17, 15) is 4.79 Å². The van der Waals surface area contributed by atoms with Crippen molar-refractivity contribution in [2.75, 3.05) is 6.54 Å². The molecule has 3 nitrogen and oxygen atoms in total. The van der Waals surface area contributed by atoms with Crippen molar-refractivity contribution >= 4 is 11.7 Å². The maximum absolute atomic E-state index is 11.0. The molecule has 1 rings (SSSR count). The number of urea groups is 1. The summed E-state index contributed by atoms with van der Waals surface area (Å²) in [5.74, 6) is 0. The van der Waals surface area contributed by atoms with E-state index in [1.165, 1.54) is 0 Å². The van der Waals surface area contributed by atoms with Crippen LogP contribution in [0.2, 0.25) is 0 Å². The van der Waals surface area contributed by atoms with Crippen LogP contribution in [0.4, 0.5) is 10.5 Å². The maximum Gasteiger partial charge on any atom is 0.341 e. The van der Waals surface area contributed by atoms with Gasteiger partial charge in [0.15, 0.2) is 0 Å². The normalized spacial score (nSPS) is 8.92. The van der Waals surface area contributed by atoms with Gasteiger partial charge in [-0.3, -0.25) is 0 Å². The van der Waals surface area contributed by atoms with Crippen molar-refractivity contribution in [1.29, 1.82) is 0 Å². The van der Waals surface area contributed by atoms with Crippen LogP contribution < -0.4 is 10.6 Å². The summed E-state index contributed by atoms with van der Waals surface area (Å²) in [7, 11) is 0. The fourth-order valence-electron chi connectivity index (χ4n) is 0.819. The number of benzene rings is 1. The van der Waals surface area contributed by atoms with Crippen molar-refractivity contribution in [2.45, 2.75) is 0 Å². The van der Waals surface area contributed by atoms with Gasteiger partial charge < -0.3 is 5.32 Å². The van der Waals surface area contributed by atoms with E-state index in [0.29, 0.717) is 12.2 Å². The number of rotatable bonds is 3. The minimum Gasteiger partial charge on any atom is -0.333 e. The molecule has 0 aromatic heterocycles. The average molecular weight is 175 g/mol. The van der Waals surface area contributed by atoms with E-state index in [4.69, 9.17) is 0 Å². The Hall–Kier alpha value is -1.77. The van der Waals surface area contributed by atoms with Crippen molar-refractivity contribution in [3.05, 3.63) is 43.0 Å². The van der Waals surface area contributed by atoms with Gasteiger partial charge in [-0.1, -0.05) is 24.3 Å². The summed E-state index contributed by atoms with van der Waals surface area (Å²) in [5, 5.41) is 6.36. The zero-order valence-corrected chi connectivity index (χ0v) is 7.23. The van der Waals surface area contributed by atoms with E-state index in [0.717, 1.165) is 0 Å². The van der Waals surface area contributed by atoms with Crippen molar-refractivity contribution in [2.24, 2.45) is 0 Å². The predicted octanol–water partition coefficient (Wildman–Crippen LogP) is 1.82. The van der Waals surface area contributed by atoms with Gasteiger partial charge in [0.05, 0.1) is 5.69 Å². The van der Waals surface area contributed by atoms with Crippen LogP contribution in [0.15, 0.2) is 43.0 Å². The number of carbonyl (C=O) groups is 1. The molecule has 0 saturated heterocycles. The lowest BCUT2D eigenvalue weighted by molar-refractivity contribution is 0.245. The predicted molar refractivity (Wildman–Crippen MR) is 51.8 cm³/mol. The molecule has 2 amide bonds. The first-order chi connectivity index (χ1) is 6.33. The number of carbonyl (C=O) groups excluding carboxylic acids is 1. The van der Waals surface area contributed by atoms with Crippen LogP contribution in [0.1, 0.15) is 0 Å². The van der Waals surface area contributed by atoms with Crippen molar-refractivity contribution < 1.29 is 4.79 Å². The minimum absolute atomic E-state index is 0.342. The Balaban J connectivity index is 2.41. The largest absolute Gasteiger partial charge is 0.341 e. The molecule has 0 spiro atoms. The molecule has 1 aromatic carbocycles. The van der Waals surface area contributed by atoms with E-state index in [1.807, 2.05) is 18.2 Å². The Morgan fingerprint density at radius 3 is 2.77 bits per heavy atom. The van der Waals surface area contributed by atoms with E-state index < -0.39 is 0 Å². The number of hydrogen-bond donors (Lipinski definition) is 1. The maximum atomic E-state index is 11.0. The summed E-state index contributed by atoms with van der Waals surface area (Å²) in [6, 6.07) is 8.74. The molecule has 0 heterocycles. The fourth-order valence-corrected chi connectivity index (χ4v) is 0.819. The molecule has 0 fully saturated rings. The molecular formula is C10H11N2O. The second-order valence-electron chi connectivity index (χ2n) is 2.42. The third-order valence-corrected chi connectivity index (χ3v) is 1.38. The molecular weight excluding hydrogens is 164 g/mol. The van der Waals surface area contributed by atoms with Crippen LogP contribution in [0, 0.1) is 0 Å². The molecule has 1 N–H and O–H groups in total. The highest BCUT2D eigenvalue weighted by molar-refractivity contribution is 5.78. The number of nitrogens with zero attached hydrogens (tertiary/aromatic N) is 1. The van der Waals surface area contributed by atoms with Crippen molar-refractivity contribution in [3.63, 3.8) is 0 Å². The quantitative estimate of drug-likeness (QED) is 0.699. The molecule has 0 unspecified atom stereocenters. The summed E-state index contributed by atoms with van der Waals surface area (Å²) in [5.41, 5.74) is 0.657. The SMILES string of the molecule is C=CCNC(=O)[N]c1ccccc1. The second-order valence-corrected chi connectivity index (χ2v) is 2.42. The third kappa shape index (κ3) is 3.42. The molecule has 0 aliphatic rings. The molecule has 3 heteroatoms. The van der Waals surface area contributed by atoms with Gasteiger partial charge in [-0.2, -0.15) is 5.32 Å². The van der Waals surface area contributed by atoms with Crippen LogP contribution in [-0.4, -0.2) is 12.6 Å². The highest BCUT2D eigenvalue weighted by atomic mass is 16.2. The van der Waals surface area contributed by atoms with E-state index in [-0.39, 0.29) is 6.03 Å².